The molecule has 0 saturated carbocycles. The Morgan fingerprint density at radius 3 is 2.94 bits per heavy atom. The van der Waals surface area contributed by atoms with Gasteiger partial charge in [0.2, 0.25) is 0 Å². The normalized spacial score (nSPS) is 29.2. The van der Waals surface area contributed by atoms with Crippen LogP contribution in [-0.2, 0) is 10.4 Å². The number of aromatic nitrogens is 1. The smallest absolute Gasteiger partial charge is 0.324 e. The van der Waals surface area contributed by atoms with Crippen LogP contribution in [0.4, 0.5) is 0 Å². The molecule has 1 aliphatic heterocycles. The Morgan fingerprint density at radius 1 is 1.62 bits per heavy atom. The van der Waals surface area contributed by atoms with Crippen molar-refractivity contribution >= 4 is 5.97 Å². The van der Waals surface area contributed by atoms with E-state index in [4.69, 9.17) is 5.11 Å². The third-order valence-corrected chi connectivity index (χ3v) is 2.99. The molecule has 2 rings (SSSR count). The van der Waals surface area contributed by atoms with Crippen LogP contribution in [0.25, 0.3) is 0 Å². The number of carboxylic acid groups (broad SMARTS) is 1. The lowest BCUT2D eigenvalue weighted by Gasteiger charge is -2.26. The highest BCUT2D eigenvalue weighted by atomic mass is 16.4. The zero-order chi connectivity index (χ0) is 11.8. The lowest BCUT2D eigenvalue weighted by molar-refractivity contribution is -0.145. The Balaban J connectivity index is 2.37. The number of aliphatic carboxylic acids is 1. The van der Waals surface area contributed by atoms with E-state index in [1.54, 1.807) is 12.1 Å². The van der Waals surface area contributed by atoms with Crippen molar-refractivity contribution in [1.82, 2.24) is 10.3 Å². The number of nitrogens with one attached hydrogen (secondary N) is 1. The van der Waals surface area contributed by atoms with Gasteiger partial charge in [-0.3, -0.25) is 9.78 Å². The molecular weight excluding hydrogens is 208 g/mol. The first-order valence-electron chi connectivity index (χ1n) is 5.16. The van der Waals surface area contributed by atoms with Gasteiger partial charge in [0.15, 0.2) is 0 Å². The molecule has 1 aliphatic rings. The molecule has 1 aromatic heterocycles. The molecule has 0 aliphatic carbocycles. The average Bonchev–Trinajstić information content (AvgIpc) is 2.62. The van der Waals surface area contributed by atoms with Gasteiger partial charge in [0.05, 0.1) is 0 Å². The summed E-state index contributed by atoms with van der Waals surface area (Å²) in [5.74, 6) is -1.04. The van der Waals surface area contributed by atoms with Gasteiger partial charge in [0, 0.05) is 17.5 Å². The van der Waals surface area contributed by atoms with Gasteiger partial charge in [0.1, 0.15) is 11.6 Å². The molecule has 1 aromatic rings. The van der Waals surface area contributed by atoms with Crippen LogP contribution in [0.15, 0.2) is 18.3 Å². The minimum Gasteiger partial charge on any atom is -0.480 e. The van der Waals surface area contributed by atoms with Gasteiger partial charge in [-0.25, -0.2) is 0 Å². The highest BCUT2D eigenvalue weighted by Gasteiger charge is 2.47. The van der Waals surface area contributed by atoms with Gasteiger partial charge in [-0.2, -0.15) is 0 Å². The molecule has 0 bridgehead atoms. The van der Waals surface area contributed by atoms with Crippen molar-refractivity contribution in [3.05, 3.63) is 29.6 Å². The zero-order valence-corrected chi connectivity index (χ0v) is 8.97. The molecule has 0 radical (unpaired) electrons. The fourth-order valence-electron chi connectivity index (χ4n) is 2.05. The van der Waals surface area contributed by atoms with Crippen LogP contribution in [-0.4, -0.2) is 33.8 Å². The quantitative estimate of drug-likeness (QED) is 0.657. The number of aliphatic hydroxyl groups is 1. The summed E-state index contributed by atoms with van der Waals surface area (Å²) in [6.07, 6.45) is 1.92. The van der Waals surface area contributed by atoms with Crippen molar-refractivity contribution in [2.24, 2.45) is 0 Å². The van der Waals surface area contributed by atoms with Gasteiger partial charge >= 0.3 is 5.97 Å². The summed E-state index contributed by atoms with van der Waals surface area (Å²) in [5, 5.41) is 22.2. The first-order valence-corrected chi connectivity index (χ1v) is 5.16. The maximum absolute atomic E-state index is 11.0. The van der Waals surface area contributed by atoms with Crippen molar-refractivity contribution in [3.63, 3.8) is 0 Å². The first-order chi connectivity index (χ1) is 7.54. The van der Waals surface area contributed by atoms with Gasteiger partial charge in [-0.1, -0.05) is 6.07 Å². The van der Waals surface area contributed by atoms with Crippen molar-refractivity contribution < 1.29 is 15.0 Å². The van der Waals surface area contributed by atoms with Gasteiger partial charge in [-0.15, -0.1) is 0 Å². The SMILES string of the molecule is Cc1ccc(C2(O)CCN[C@@H]2C(=O)O)cn1. The number of pyridine rings is 1. The summed E-state index contributed by atoms with van der Waals surface area (Å²) >= 11 is 0. The van der Waals surface area contributed by atoms with E-state index in [1.165, 1.54) is 6.20 Å². The monoisotopic (exact) mass is 222 g/mol. The minimum absolute atomic E-state index is 0.384. The number of rotatable bonds is 2. The molecule has 0 spiro atoms. The zero-order valence-electron chi connectivity index (χ0n) is 8.97. The molecule has 0 amide bonds. The fraction of sp³-hybridized carbons (Fsp3) is 0.455. The predicted molar refractivity (Wildman–Crippen MR) is 56.9 cm³/mol. The molecule has 2 heterocycles. The molecule has 16 heavy (non-hydrogen) atoms. The summed E-state index contributed by atoms with van der Waals surface area (Å²) in [5.41, 5.74) is 0.0349. The summed E-state index contributed by atoms with van der Waals surface area (Å²) in [6.45, 7) is 2.33. The van der Waals surface area contributed by atoms with E-state index in [1.807, 2.05) is 6.92 Å². The first kappa shape index (κ1) is 11.0. The summed E-state index contributed by atoms with van der Waals surface area (Å²) in [7, 11) is 0. The van der Waals surface area contributed by atoms with Crippen LogP contribution >= 0.6 is 0 Å². The molecule has 1 unspecified atom stereocenters. The van der Waals surface area contributed by atoms with E-state index in [-0.39, 0.29) is 0 Å². The molecule has 0 aromatic carbocycles. The number of hydrogen-bond acceptors (Lipinski definition) is 4. The largest absolute Gasteiger partial charge is 0.480 e. The number of carboxylic acids is 1. The molecule has 5 heteroatoms. The molecular formula is C11H14N2O3. The summed E-state index contributed by atoms with van der Waals surface area (Å²) in [4.78, 5) is 15.1. The summed E-state index contributed by atoms with van der Waals surface area (Å²) < 4.78 is 0. The van der Waals surface area contributed by atoms with Gasteiger partial charge in [0.25, 0.3) is 0 Å². The Bertz CT molecular complexity index is 404. The Kier molecular flexibility index (Phi) is 2.65. The van der Waals surface area contributed by atoms with E-state index in [0.717, 1.165) is 5.69 Å². The van der Waals surface area contributed by atoms with E-state index >= 15 is 0 Å². The fourth-order valence-corrected chi connectivity index (χ4v) is 2.05. The standard InChI is InChI=1S/C11H14N2O3/c1-7-2-3-8(6-13-7)11(16)4-5-12-9(11)10(14)15/h2-3,6,9,12,16H,4-5H2,1H3,(H,14,15)/t9-,11?/m1/s1. The lowest BCUT2D eigenvalue weighted by Crippen LogP contribution is -2.46. The molecule has 1 saturated heterocycles. The van der Waals surface area contributed by atoms with Crippen molar-refractivity contribution in [2.45, 2.75) is 25.0 Å². The van der Waals surface area contributed by atoms with E-state index in [9.17, 15) is 9.90 Å². The van der Waals surface area contributed by atoms with Crippen molar-refractivity contribution in [3.8, 4) is 0 Å². The second kappa shape index (κ2) is 3.84. The number of hydrogen-bond donors (Lipinski definition) is 3. The molecule has 5 nitrogen and oxygen atoms in total. The number of aryl methyl sites for hydroxylation is 1. The van der Waals surface area contributed by atoms with Crippen LogP contribution in [0.5, 0.6) is 0 Å². The maximum Gasteiger partial charge on any atom is 0.324 e. The van der Waals surface area contributed by atoms with Crippen LogP contribution in [0, 0.1) is 6.92 Å². The topological polar surface area (TPSA) is 82.5 Å². The number of carbonyl (C=O) groups is 1. The predicted octanol–water partition coefficient (Wildman–Crippen LogP) is 0.0241. The molecule has 1 fully saturated rings. The van der Waals surface area contributed by atoms with Gasteiger partial charge in [-0.05, 0) is 26.0 Å². The average molecular weight is 222 g/mol. The van der Waals surface area contributed by atoms with Crippen LogP contribution < -0.4 is 5.32 Å². The highest BCUT2D eigenvalue weighted by molar-refractivity contribution is 5.76. The van der Waals surface area contributed by atoms with Crippen molar-refractivity contribution in [2.75, 3.05) is 6.54 Å². The minimum atomic E-state index is -1.35. The third kappa shape index (κ3) is 1.68. The van der Waals surface area contributed by atoms with Crippen LogP contribution in [0.1, 0.15) is 17.7 Å². The summed E-state index contributed by atoms with van der Waals surface area (Å²) in [6, 6.07) is 2.53. The second-order valence-corrected chi connectivity index (χ2v) is 4.09. The maximum atomic E-state index is 11.0. The van der Waals surface area contributed by atoms with Crippen molar-refractivity contribution in [1.29, 1.82) is 0 Å². The third-order valence-electron chi connectivity index (χ3n) is 2.99. The Morgan fingerprint density at radius 2 is 2.38 bits per heavy atom. The molecule has 3 N–H and O–H groups in total. The highest BCUT2D eigenvalue weighted by Crippen LogP contribution is 2.32. The lowest BCUT2D eigenvalue weighted by atomic mass is 9.87. The molecule has 2 atom stereocenters. The second-order valence-electron chi connectivity index (χ2n) is 4.09. The Hall–Kier alpha value is -1.46. The van der Waals surface area contributed by atoms with Crippen LogP contribution in [0.2, 0.25) is 0 Å². The van der Waals surface area contributed by atoms with E-state index in [2.05, 4.69) is 10.3 Å². The Labute approximate surface area is 93.1 Å². The van der Waals surface area contributed by atoms with Crippen LogP contribution in [0.3, 0.4) is 0 Å². The van der Waals surface area contributed by atoms with E-state index < -0.39 is 17.6 Å². The van der Waals surface area contributed by atoms with E-state index in [0.29, 0.717) is 18.5 Å². The number of nitrogens with zero attached hydrogens (tertiary/aromatic N) is 1. The van der Waals surface area contributed by atoms with Gasteiger partial charge < -0.3 is 15.5 Å². The molecule has 86 valence electrons.